The molecule has 0 radical (unpaired) electrons. The van der Waals surface area contributed by atoms with Gasteiger partial charge in [-0.15, -0.1) is 0 Å². The Bertz CT molecular complexity index is 4450. The molecule has 0 atom stereocenters. The van der Waals surface area contributed by atoms with Crippen molar-refractivity contribution in [3.8, 4) is 33.4 Å². The van der Waals surface area contributed by atoms with E-state index in [0.29, 0.717) is 4.90 Å². The summed E-state index contributed by atoms with van der Waals surface area (Å²) in [7, 11) is 0. The molecule has 0 fully saturated rings. The molecule has 9 aromatic rings. The summed E-state index contributed by atoms with van der Waals surface area (Å²) in [5.74, 6) is 0. The summed E-state index contributed by atoms with van der Waals surface area (Å²) in [4.78, 5) is 0.303. The van der Waals surface area contributed by atoms with Crippen LogP contribution in [0.4, 0.5) is 17.1 Å². The van der Waals surface area contributed by atoms with E-state index in [1.165, 1.54) is 0 Å². The fourth-order valence-corrected chi connectivity index (χ4v) is 5.17. The van der Waals surface area contributed by atoms with Gasteiger partial charge in [0, 0.05) is 45.4 Å². The number of nitrogens with zero attached hydrogens (tertiary/aromatic N) is 2. The van der Waals surface area contributed by atoms with Crippen LogP contribution in [0.1, 0.15) is 52.2 Å². The number of fused-ring (bicyclic) bond motifs is 3. The van der Waals surface area contributed by atoms with Gasteiger partial charge >= 0.3 is 0 Å². The zero-order valence-electron chi connectivity index (χ0n) is 59.6. The van der Waals surface area contributed by atoms with Crippen LogP contribution >= 0.6 is 0 Å². The van der Waals surface area contributed by atoms with E-state index in [2.05, 4.69) is 0 Å². The molecule has 1 aromatic heterocycles. The van der Waals surface area contributed by atoms with Crippen molar-refractivity contribution >= 4 is 38.9 Å². The molecule has 0 saturated carbocycles. The summed E-state index contributed by atoms with van der Waals surface area (Å²) in [5.41, 5.74) is -10.4. The van der Waals surface area contributed by atoms with Crippen molar-refractivity contribution in [1.82, 2.24) is 4.57 Å². The Hall–Kier alpha value is -6.64. The van der Waals surface area contributed by atoms with Crippen LogP contribution in [0.15, 0.2) is 205 Å². The Morgan fingerprint density at radius 2 is 0.843 bits per heavy atom. The molecule has 0 spiro atoms. The van der Waals surface area contributed by atoms with Gasteiger partial charge in [-0.1, -0.05) is 145 Å². The van der Waals surface area contributed by atoms with Crippen LogP contribution < -0.4 is 4.90 Å². The molecule has 0 aliphatic carbocycles. The predicted octanol–water partition coefficient (Wildman–Crippen LogP) is 13.3. The van der Waals surface area contributed by atoms with Gasteiger partial charge in [0.15, 0.2) is 0 Å². The molecule has 0 aliphatic heterocycles. The second-order valence-corrected chi connectivity index (χ2v) is 10.4. The van der Waals surface area contributed by atoms with Crippen molar-refractivity contribution < 1.29 is 46.6 Å². The van der Waals surface area contributed by atoms with Crippen LogP contribution in [0, 0.1) is 0 Å². The Morgan fingerprint density at radius 3 is 1.57 bits per heavy atom. The largest absolute Gasteiger partial charge is 0.336 e. The molecule has 0 unspecified atom stereocenters. The SMILES string of the molecule is [2H]c1c([2H])c([2H])c(-c2c([2H])c([2H])c([2H])c(Cn3c4c([2H])c([2H])c([2H])c([2H])c4c4c([2H])c(-c5c([2H])c([2H])c(N(c6c([2H])c([2H])c([2H])c([2H])c6[2H])c6c([2H])c([2H])c([2H])c(-c7c([2H])c([2H])c([2H])c([2H])c7[2H])c6[2H])c([2H])c5[2H])c([2H])c([2H])c43)c2[2H])c([2H])c1[2H]. The highest BCUT2D eigenvalue weighted by Crippen LogP contribution is 2.38. The Kier molecular flexibility index (Phi) is 2.93. The summed E-state index contributed by atoms with van der Waals surface area (Å²) in [6.45, 7) is -0.972. The van der Waals surface area contributed by atoms with Crippen LogP contribution in [-0.4, -0.2) is 4.57 Å². The van der Waals surface area contributed by atoms with Crippen LogP contribution in [0.3, 0.4) is 0 Å². The highest BCUT2D eigenvalue weighted by molar-refractivity contribution is 6.09. The molecule has 51 heavy (non-hydrogen) atoms. The summed E-state index contributed by atoms with van der Waals surface area (Å²) in [6, 6.07) is -35.1. The van der Waals surface area contributed by atoms with Crippen LogP contribution in [0.2, 0.25) is 0 Å². The molecule has 0 saturated heterocycles. The first-order valence-corrected chi connectivity index (χ1v) is 14.8. The van der Waals surface area contributed by atoms with Gasteiger partial charge in [0.05, 0.1) is 46.6 Å². The average Bonchev–Trinajstić information content (AvgIpc) is 1.71. The van der Waals surface area contributed by atoms with Gasteiger partial charge in [0.25, 0.3) is 0 Å². The second kappa shape index (κ2) is 13.3. The Labute approximate surface area is 346 Å². The standard InChI is InChI=1S/C49H36N2/c1-4-15-37(16-5-1)40-19-12-14-36(32-40)35-50-48-25-11-10-24-46(48)47-34-42(28-31-49(47)50)39-26-29-44(30-27-39)51(43-21-8-3-9-22-43)45-23-13-20-41(33-45)38-17-6-2-7-18-38/h1-34H,35H2/i1D,2D,3D,4D,5D,6D,7D,8D,9D,10D,11D,12D,13D,14D,15D,16D,17D,18D,19D,20D,21D,22D,23D,24D,25D,26D,27D,28D,29D,30D,31D,32D,33D,34D. The minimum absolute atomic E-state index is 0.303. The number of hydrogen-bond acceptors (Lipinski definition) is 1. The van der Waals surface area contributed by atoms with Gasteiger partial charge in [0.2, 0.25) is 0 Å². The number of aromatic nitrogens is 1. The van der Waals surface area contributed by atoms with Gasteiger partial charge in [-0.25, -0.2) is 0 Å². The highest BCUT2D eigenvalue weighted by Gasteiger charge is 2.15. The van der Waals surface area contributed by atoms with Crippen molar-refractivity contribution in [2.24, 2.45) is 0 Å². The molecule has 0 amide bonds. The van der Waals surface area contributed by atoms with E-state index in [1.54, 1.807) is 0 Å². The summed E-state index contributed by atoms with van der Waals surface area (Å²) in [6.07, 6.45) is 0. The van der Waals surface area contributed by atoms with Gasteiger partial charge < -0.3 is 9.47 Å². The number of hydrogen-bond donors (Lipinski definition) is 0. The van der Waals surface area contributed by atoms with Crippen molar-refractivity contribution in [1.29, 1.82) is 0 Å². The van der Waals surface area contributed by atoms with E-state index in [9.17, 15) is 12.3 Å². The third-order valence-electron chi connectivity index (χ3n) is 7.37. The van der Waals surface area contributed by atoms with E-state index in [1.807, 2.05) is 0 Å². The van der Waals surface area contributed by atoms with Gasteiger partial charge in [-0.2, -0.15) is 0 Å². The lowest BCUT2D eigenvalue weighted by Gasteiger charge is -2.26. The Balaban J connectivity index is 1.40. The Morgan fingerprint density at radius 1 is 0.353 bits per heavy atom. The normalized spacial score (nSPS) is 20.5. The maximum Gasteiger partial charge on any atom is 0.0651 e. The van der Waals surface area contributed by atoms with Crippen LogP contribution in [0.5, 0.6) is 0 Å². The third-order valence-corrected chi connectivity index (χ3v) is 7.37. The summed E-state index contributed by atoms with van der Waals surface area (Å²) >= 11 is 0. The van der Waals surface area contributed by atoms with Gasteiger partial charge in [-0.05, 0) is 99.4 Å². The molecule has 9 rings (SSSR count). The summed E-state index contributed by atoms with van der Waals surface area (Å²) in [5, 5.41) is -1.22. The monoisotopic (exact) mass is 687 g/mol. The molecule has 0 N–H and O–H groups in total. The molecule has 242 valence electrons. The lowest BCUT2D eigenvalue weighted by Crippen LogP contribution is -2.09. The number of anilines is 3. The van der Waals surface area contributed by atoms with Crippen LogP contribution in [-0.2, 0) is 6.54 Å². The van der Waals surface area contributed by atoms with Crippen molar-refractivity contribution in [3.05, 3.63) is 211 Å². The lowest BCUT2D eigenvalue weighted by atomic mass is 10.0. The first-order chi connectivity index (χ1) is 39.4. The molecule has 2 nitrogen and oxygen atoms in total. The minimum Gasteiger partial charge on any atom is -0.336 e. The quantitative estimate of drug-likeness (QED) is 0.154. The molecule has 0 aliphatic rings. The van der Waals surface area contributed by atoms with Gasteiger partial charge in [0.1, 0.15) is 0 Å². The number of rotatable bonds is 8. The van der Waals surface area contributed by atoms with E-state index in [0.717, 1.165) is 4.57 Å². The molecule has 8 aromatic carbocycles. The van der Waals surface area contributed by atoms with E-state index < -0.39 is 290 Å². The zero-order chi connectivity index (χ0) is 63.6. The van der Waals surface area contributed by atoms with E-state index in [-0.39, 0.29) is 0 Å². The first kappa shape index (κ1) is 11.2. The predicted molar refractivity (Wildman–Crippen MR) is 216 cm³/mol. The van der Waals surface area contributed by atoms with Gasteiger partial charge in [-0.3, -0.25) is 0 Å². The highest BCUT2D eigenvalue weighted by atomic mass is 15.1. The summed E-state index contributed by atoms with van der Waals surface area (Å²) < 4.78 is 303. The molecule has 1 heterocycles. The fourth-order valence-electron chi connectivity index (χ4n) is 5.17. The third kappa shape index (κ3) is 5.98. The topological polar surface area (TPSA) is 8.17 Å². The number of benzene rings is 8. The smallest absolute Gasteiger partial charge is 0.0651 e. The van der Waals surface area contributed by atoms with Crippen LogP contribution in [0.25, 0.3) is 55.2 Å². The zero-order valence-corrected chi connectivity index (χ0v) is 25.6. The average molecular weight is 687 g/mol. The molecular weight excluding hydrogens is 617 g/mol. The molecule has 2 heteroatoms. The van der Waals surface area contributed by atoms with Crippen molar-refractivity contribution in [3.63, 3.8) is 0 Å². The maximum atomic E-state index is 9.77. The first-order valence-electron chi connectivity index (χ1n) is 31.8. The number of para-hydroxylation sites is 2. The fraction of sp³-hybridized carbons (Fsp3) is 0.0204. The molecule has 0 bridgehead atoms. The molecular formula is C49H36N2. The lowest BCUT2D eigenvalue weighted by molar-refractivity contribution is 0.869. The maximum absolute atomic E-state index is 9.77. The van der Waals surface area contributed by atoms with E-state index in [4.69, 9.17) is 34.3 Å². The van der Waals surface area contributed by atoms with Crippen molar-refractivity contribution in [2.45, 2.75) is 6.54 Å². The van der Waals surface area contributed by atoms with Crippen molar-refractivity contribution in [2.75, 3.05) is 4.90 Å². The minimum atomic E-state index is -1.31. The second-order valence-electron chi connectivity index (χ2n) is 10.4. The van der Waals surface area contributed by atoms with E-state index >= 15 is 0 Å².